The highest BCUT2D eigenvalue weighted by Gasteiger charge is 2.14. The highest BCUT2D eigenvalue weighted by Crippen LogP contribution is 2.23. The fourth-order valence-corrected chi connectivity index (χ4v) is 2.44. The van der Waals surface area contributed by atoms with E-state index in [9.17, 15) is 0 Å². The lowest BCUT2D eigenvalue weighted by atomic mass is 10.3. The largest absolute Gasteiger partial charge is 0.479 e. The molecule has 4 heteroatoms. The lowest BCUT2D eigenvalue weighted by molar-refractivity contribution is 0.346. The van der Waals surface area contributed by atoms with E-state index in [-0.39, 0.29) is 0 Å². The van der Waals surface area contributed by atoms with Gasteiger partial charge in [0.05, 0.1) is 6.61 Å². The first-order valence-corrected chi connectivity index (χ1v) is 6.29. The maximum atomic E-state index is 5.18. The number of thioether (sulfide) groups is 1. The van der Waals surface area contributed by atoms with Crippen molar-refractivity contribution in [2.45, 2.75) is 37.3 Å². The first kappa shape index (κ1) is 12.7. The second-order valence-electron chi connectivity index (χ2n) is 2.43. The van der Waals surface area contributed by atoms with Gasteiger partial charge in [-0.3, -0.25) is 0 Å². The van der Waals surface area contributed by atoms with E-state index in [1.54, 1.807) is 11.8 Å². The van der Waals surface area contributed by atoms with Crippen molar-refractivity contribution in [1.82, 2.24) is 0 Å². The van der Waals surface area contributed by atoms with Crippen LogP contribution < -0.4 is 0 Å². The zero-order chi connectivity index (χ0) is 9.56. The first-order chi connectivity index (χ1) is 5.61. The summed E-state index contributed by atoms with van der Waals surface area (Å²) in [5.74, 6) is 0. The molecule has 0 aliphatic rings. The molecular weight excluding hydrogens is 256 g/mol. The molecule has 0 radical (unpaired) electrons. The molecule has 0 aromatic carbocycles. The second kappa shape index (κ2) is 7.15. The summed E-state index contributed by atoms with van der Waals surface area (Å²) in [5, 5.41) is 0.481. The third-order valence-electron chi connectivity index (χ3n) is 1.44. The Labute approximate surface area is 92.8 Å². The Morgan fingerprint density at radius 1 is 1.58 bits per heavy atom. The number of rotatable bonds is 4. The summed E-state index contributed by atoms with van der Waals surface area (Å²) >= 11 is 10.2. The molecule has 0 saturated carbocycles. The van der Waals surface area contributed by atoms with E-state index in [1.807, 2.05) is 6.92 Å². The van der Waals surface area contributed by atoms with Crippen LogP contribution >= 0.6 is 39.9 Å². The Hall–Kier alpha value is 0.720. The summed E-state index contributed by atoms with van der Waals surface area (Å²) < 4.78 is 5.84. The maximum absolute atomic E-state index is 5.18. The quantitative estimate of drug-likeness (QED) is 0.571. The lowest BCUT2D eigenvalue weighted by Crippen LogP contribution is -2.14. The summed E-state index contributed by atoms with van der Waals surface area (Å²) in [6.07, 6.45) is 1.11. The number of hydrogen-bond donors (Lipinski definition) is 0. The summed E-state index contributed by atoms with van der Waals surface area (Å²) in [4.78, 5) is 0.515. The van der Waals surface area contributed by atoms with Gasteiger partial charge in [-0.25, -0.2) is 0 Å². The molecule has 0 aliphatic carbocycles. The van der Waals surface area contributed by atoms with E-state index in [4.69, 9.17) is 17.0 Å². The zero-order valence-corrected chi connectivity index (χ0v) is 10.9. The van der Waals surface area contributed by atoms with Crippen LogP contribution in [0.1, 0.15) is 27.2 Å². The molecule has 0 aromatic rings. The molecule has 0 spiro atoms. The zero-order valence-electron chi connectivity index (χ0n) is 7.67. The molecular formula is C8H15BrOS2. The van der Waals surface area contributed by atoms with Crippen LogP contribution in [0.4, 0.5) is 0 Å². The standard InChI is InChI=1S/C8H15BrOS2/c1-4-7(9)6(3)12-8(11)10-5-2/h6-7H,4-5H2,1-3H3. The molecule has 0 amide bonds. The molecule has 2 atom stereocenters. The van der Waals surface area contributed by atoms with Gasteiger partial charge in [0.15, 0.2) is 0 Å². The van der Waals surface area contributed by atoms with Crippen molar-refractivity contribution in [3.8, 4) is 0 Å². The van der Waals surface area contributed by atoms with Gasteiger partial charge >= 0.3 is 0 Å². The Kier molecular flexibility index (Phi) is 7.58. The first-order valence-electron chi connectivity index (χ1n) is 4.09. The van der Waals surface area contributed by atoms with Crippen LogP contribution in [0.3, 0.4) is 0 Å². The number of alkyl halides is 1. The van der Waals surface area contributed by atoms with Gasteiger partial charge in [0.1, 0.15) is 0 Å². The second-order valence-corrected chi connectivity index (χ2v) is 5.59. The fourth-order valence-electron chi connectivity index (χ4n) is 0.709. The van der Waals surface area contributed by atoms with Crippen molar-refractivity contribution in [3.63, 3.8) is 0 Å². The van der Waals surface area contributed by atoms with E-state index in [0.717, 1.165) is 6.42 Å². The molecule has 1 nitrogen and oxygen atoms in total. The van der Waals surface area contributed by atoms with Crippen LogP contribution in [0.15, 0.2) is 0 Å². The van der Waals surface area contributed by atoms with Gasteiger partial charge in [-0.1, -0.05) is 41.5 Å². The van der Waals surface area contributed by atoms with Gasteiger partial charge < -0.3 is 4.74 Å². The third-order valence-corrected chi connectivity index (χ3v) is 4.65. The van der Waals surface area contributed by atoms with Gasteiger partial charge in [-0.05, 0) is 25.6 Å². The molecule has 0 N–H and O–H groups in total. The molecule has 0 heterocycles. The Morgan fingerprint density at radius 2 is 2.17 bits per heavy atom. The van der Waals surface area contributed by atoms with Crippen molar-refractivity contribution in [2.24, 2.45) is 0 Å². The molecule has 0 fully saturated rings. The van der Waals surface area contributed by atoms with Crippen molar-refractivity contribution in [2.75, 3.05) is 6.61 Å². The maximum Gasteiger partial charge on any atom is 0.220 e. The highest BCUT2D eigenvalue weighted by atomic mass is 79.9. The van der Waals surface area contributed by atoms with Crippen LogP contribution in [-0.2, 0) is 4.74 Å². The lowest BCUT2D eigenvalue weighted by Gasteiger charge is -2.15. The van der Waals surface area contributed by atoms with E-state index in [0.29, 0.717) is 21.1 Å². The molecule has 2 unspecified atom stereocenters. The molecule has 12 heavy (non-hydrogen) atoms. The van der Waals surface area contributed by atoms with Crippen LogP contribution in [0.2, 0.25) is 0 Å². The normalized spacial score (nSPS) is 15.3. The molecule has 0 bridgehead atoms. The van der Waals surface area contributed by atoms with Crippen LogP contribution in [0, 0.1) is 0 Å². The number of thiocarbonyl (C=S) groups is 1. The smallest absolute Gasteiger partial charge is 0.220 e. The molecule has 0 aromatic heterocycles. The molecule has 0 saturated heterocycles. The minimum Gasteiger partial charge on any atom is -0.479 e. The van der Waals surface area contributed by atoms with Crippen molar-refractivity contribution in [3.05, 3.63) is 0 Å². The predicted molar refractivity (Wildman–Crippen MR) is 64.3 cm³/mol. The fraction of sp³-hybridized carbons (Fsp3) is 0.875. The van der Waals surface area contributed by atoms with Crippen LogP contribution in [0.5, 0.6) is 0 Å². The molecule has 0 aliphatic heterocycles. The van der Waals surface area contributed by atoms with Crippen molar-refractivity contribution < 1.29 is 4.74 Å². The van der Waals surface area contributed by atoms with Crippen molar-refractivity contribution >= 4 is 44.3 Å². The minimum atomic E-state index is 0.481. The van der Waals surface area contributed by atoms with Gasteiger partial charge in [0.25, 0.3) is 0 Å². The Bertz CT molecular complexity index is 141. The topological polar surface area (TPSA) is 9.23 Å². The van der Waals surface area contributed by atoms with Gasteiger partial charge in [0, 0.05) is 10.1 Å². The molecule has 72 valence electrons. The highest BCUT2D eigenvalue weighted by molar-refractivity contribution is 9.09. The predicted octanol–water partition coefficient (Wildman–Crippen LogP) is 3.60. The Balaban J connectivity index is 3.67. The average molecular weight is 271 g/mol. The van der Waals surface area contributed by atoms with Crippen LogP contribution in [0.25, 0.3) is 0 Å². The average Bonchev–Trinajstić information content (AvgIpc) is 2.03. The summed E-state index contributed by atoms with van der Waals surface area (Å²) in [5.41, 5.74) is 0. The SMILES string of the molecule is CCOC(=S)SC(C)C(Br)CC. The minimum absolute atomic E-state index is 0.481. The van der Waals surface area contributed by atoms with Crippen molar-refractivity contribution in [1.29, 1.82) is 0 Å². The number of hydrogen-bond acceptors (Lipinski definition) is 3. The number of ether oxygens (including phenoxy) is 1. The summed E-state index contributed by atoms with van der Waals surface area (Å²) in [6, 6.07) is 0. The Morgan fingerprint density at radius 3 is 2.58 bits per heavy atom. The van der Waals surface area contributed by atoms with E-state index >= 15 is 0 Å². The monoisotopic (exact) mass is 270 g/mol. The van der Waals surface area contributed by atoms with E-state index in [1.165, 1.54) is 0 Å². The summed E-state index contributed by atoms with van der Waals surface area (Å²) in [7, 11) is 0. The van der Waals surface area contributed by atoms with Gasteiger partial charge in [0.2, 0.25) is 4.38 Å². The van der Waals surface area contributed by atoms with Crippen LogP contribution in [-0.4, -0.2) is 21.1 Å². The molecule has 0 rings (SSSR count). The van der Waals surface area contributed by atoms with Gasteiger partial charge in [-0.15, -0.1) is 0 Å². The van der Waals surface area contributed by atoms with E-state index < -0.39 is 0 Å². The number of halogens is 1. The summed E-state index contributed by atoms with van der Waals surface area (Å²) in [6.45, 7) is 6.92. The van der Waals surface area contributed by atoms with E-state index in [2.05, 4.69) is 29.8 Å². The third kappa shape index (κ3) is 5.38. The van der Waals surface area contributed by atoms with Gasteiger partial charge in [-0.2, -0.15) is 0 Å².